The number of ketones is 3. The lowest BCUT2D eigenvalue weighted by molar-refractivity contribution is 0.0664. The number of benzene rings is 4. The third-order valence-corrected chi connectivity index (χ3v) is 9.18. The molecule has 4 aromatic carbocycles. The summed E-state index contributed by atoms with van der Waals surface area (Å²) in [5.41, 5.74) is 0.782. The first-order valence-electron chi connectivity index (χ1n) is 13.8. The molecule has 214 valence electrons. The first kappa shape index (κ1) is 27.1. The van der Waals surface area contributed by atoms with Crippen LogP contribution in [0.5, 0.6) is 11.5 Å². The van der Waals surface area contributed by atoms with Gasteiger partial charge in [0.15, 0.2) is 28.8 Å². The number of anilines is 1. The number of methoxy groups -OCH3 is 2. The van der Waals surface area contributed by atoms with Crippen molar-refractivity contribution < 1.29 is 28.2 Å². The zero-order valence-corrected chi connectivity index (χ0v) is 24.0. The van der Waals surface area contributed by atoms with E-state index < -0.39 is 29.2 Å². The quantitative estimate of drug-likeness (QED) is 0.187. The van der Waals surface area contributed by atoms with Crippen molar-refractivity contribution in [1.82, 2.24) is 0 Å². The van der Waals surface area contributed by atoms with Gasteiger partial charge in [0.1, 0.15) is 17.3 Å². The van der Waals surface area contributed by atoms with E-state index in [4.69, 9.17) is 21.1 Å². The van der Waals surface area contributed by atoms with Gasteiger partial charge in [-0.3, -0.25) is 14.4 Å². The summed E-state index contributed by atoms with van der Waals surface area (Å²) >= 11 is 6.17. The molecule has 2 aliphatic heterocycles. The highest BCUT2D eigenvalue weighted by molar-refractivity contribution is 6.32. The summed E-state index contributed by atoms with van der Waals surface area (Å²) in [5.74, 6) is -1.81. The SMILES string of the molecule is COc1cccc([C@H]2[C@H](C(=O)c3ccc(Cl)cc3)N3c4ccc(F)cc4C=C[C@@H]3C23C(=O)c2ccccc2C3=O)c1OC. The Labute approximate surface area is 252 Å². The summed E-state index contributed by atoms with van der Waals surface area (Å²) in [6.45, 7) is 0. The molecule has 2 heterocycles. The molecule has 1 aliphatic carbocycles. The van der Waals surface area contributed by atoms with E-state index in [9.17, 15) is 18.8 Å². The van der Waals surface area contributed by atoms with Crippen LogP contribution >= 0.6 is 11.6 Å². The summed E-state index contributed by atoms with van der Waals surface area (Å²) in [7, 11) is 2.98. The van der Waals surface area contributed by atoms with E-state index in [1.165, 1.54) is 26.4 Å². The van der Waals surface area contributed by atoms with Gasteiger partial charge in [-0.25, -0.2) is 4.39 Å². The van der Waals surface area contributed by atoms with Crippen molar-refractivity contribution in [3.05, 3.63) is 130 Å². The molecule has 8 heteroatoms. The molecule has 0 saturated carbocycles. The second-order valence-corrected chi connectivity index (χ2v) is 11.3. The summed E-state index contributed by atoms with van der Waals surface area (Å²) in [6.07, 6.45) is 3.47. The molecule has 3 atom stereocenters. The maximum Gasteiger partial charge on any atom is 0.185 e. The second kappa shape index (κ2) is 9.92. The van der Waals surface area contributed by atoms with Gasteiger partial charge in [-0.1, -0.05) is 60.2 Å². The van der Waals surface area contributed by atoms with Crippen LogP contribution in [0.3, 0.4) is 0 Å². The van der Waals surface area contributed by atoms with Crippen molar-refractivity contribution in [2.45, 2.75) is 18.0 Å². The lowest BCUT2D eigenvalue weighted by atomic mass is 9.64. The number of fused-ring (bicyclic) bond motifs is 5. The van der Waals surface area contributed by atoms with Gasteiger partial charge in [0.25, 0.3) is 0 Å². The number of rotatable bonds is 5. The van der Waals surface area contributed by atoms with Gasteiger partial charge in [0.05, 0.1) is 20.3 Å². The zero-order valence-electron chi connectivity index (χ0n) is 23.2. The number of carbonyl (C=O) groups excluding carboxylic acids is 3. The molecule has 1 fully saturated rings. The maximum absolute atomic E-state index is 14.8. The fourth-order valence-corrected chi connectivity index (χ4v) is 7.36. The lowest BCUT2D eigenvalue weighted by Crippen LogP contribution is -2.48. The smallest absolute Gasteiger partial charge is 0.185 e. The van der Waals surface area contributed by atoms with E-state index in [1.807, 2.05) is 4.90 Å². The summed E-state index contributed by atoms with van der Waals surface area (Å²) in [4.78, 5) is 46.2. The van der Waals surface area contributed by atoms with E-state index in [0.29, 0.717) is 50.0 Å². The third kappa shape index (κ3) is 3.67. The molecular weight excluding hydrogens is 569 g/mol. The number of hydrogen-bond donors (Lipinski definition) is 0. The highest BCUT2D eigenvalue weighted by Crippen LogP contribution is 2.62. The minimum Gasteiger partial charge on any atom is -0.493 e. The Kier molecular flexibility index (Phi) is 6.25. The first-order valence-corrected chi connectivity index (χ1v) is 14.2. The molecule has 3 aliphatic rings. The van der Waals surface area contributed by atoms with Crippen LogP contribution in [-0.2, 0) is 0 Å². The maximum atomic E-state index is 14.8. The molecule has 0 radical (unpaired) electrons. The normalized spacial score (nSPS) is 21.0. The summed E-state index contributed by atoms with van der Waals surface area (Å²) < 4.78 is 25.9. The van der Waals surface area contributed by atoms with Gasteiger partial charge in [-0.15, -0.1) is 0 Å². The molecular formula is C35H25ClFNO5. The number of Topliss-reactive ketones (excluding diaryl/α,β-unsaturated/α-hetero) is 3. The largest absolute Gasteiger partial charge is 0.493 e. The molecule has 43 heavy (non-hydrogen) atoms. The molecule has 0 amide bonds. The first-order chi connectivity index (χ1) is 20.8. The summed E-state index contributed by atoms with van der Waals surface area (Å²) in [5, 5.41) is 0.460. The number of hydrogen-bond acceptors (Lipinski definition) is 6. The Balaban J connectivity index is 1.58. The molecule has 1 saturated heterocycles. The van der Waals surface area contributed by atoms with Crippen LogP contribution in [0.1, 0.15) is 48.1 Å². The number of para-hydroxylation sites is 1. The van der Waals surface area contributed by atoms with Crippen molar-refractivity contribution in [2.75, 3.05) is 19.1 Å². The Morgan fingerprint density at radius 1 is 0.884 bits per heavy atom. The number of halogens is 2. The van der Waals surface area contributed by atoms with Crippen LogP contribution in [0.15, 0.2) is 91.0 Å². The Bertz CT molecular complexity index is 1830. The van der Waals surface area contributed by atoms with Crippen molar-refractivity contribution in [3.63, 3.8) is 0 Å². The molecule has 7 rings (SSSR count). The average molecular weight is 594 g/mol. The van der Waals surface area contributed by atoms with Gasteiger partial charge in [-0.2, -0.15) is 0 Å². The molecule has 0 unspecified atom stereocenters. The lowest BCUT2D eigenvalue weighted by Gasteiger charge is -2.37. The predicted molar refractivity (Wildman–Crippen MR) is 161 cm³/mol. The van der Waals surface area contributed by atoms with Crippen molar-refractivity contribution >= 4 is 40.7 Å². The van der Waals surface area contributed by atoms with Crippen molar-refractivity contribution in [3.8, 4) is 11.5 Å². The molecule has 0 aromatic heterocycles. The number of nitrogens with zero attached hydrogens (tertiary/aromatic N) is 1. The third-order valence-electron chi connectivity index (χ3n) is 8.93. The average Bonchev–Trinajstić information content (AvgIpc) is 3.46. The Morgan fingerprint density at radius 2 is 1.58 bits per heavy atom. The molecule has 1 spiro atoms. The monoisotopic (exact) mass is 593 g/mol. The number of ether oxygens (including phenoxy) is 2. The highest BCUT2D eigenvalue weighted by atomic mass is 35.5. The van der Waals surface area contributed by atoms with Crippen molar-refractivity contribution in [1.29, 1.82) is 0 Å². The fraction of sp³-hybridized carbons (Fsp3) is 0.171. The van der Waals surface area contributed by atoms with E-state index in [0.717, 1.165) is 0 Å². The molecule has 6 nitrogen and oxygen atoms in total. The highest BCUT2D eigenvalue weighted by Gasteiger charge is 2.72. The fourth-order valence-electron chi connectivity index (χ4n) is 7.23. The van der Waals surface area contributed by atoms with Crippen LogP contribution in [0.2, 0.25) is 5.02 Å². The van der Waals surface area contributed by atoms with Gasteiger partial charge < -0.3 is 14.4 Å². The standard InChI is InChI=1S/C35H25ClFNO5/c1-42-27-9-5-8-25(32(27)43-2)29-30(31(39)19-10-13-21(36)14-11-19)38-26-16-15-22(37)18-20(26)12-17-28(38)35(29)33(40)23-6-3-4-7-24(23)34(35)41/h3-18,28-30H,1-2H3/t28-,29+,30-/m1/s1. The topological polar surface area (TPSA) is 72.9 Å². The van der Waals surface area contributed by atoms with Gasteiger partial charge in [0, 0.05) is 44.4 Å². The predicted octanol–water partition coefficient (Wildman–Crippen LogP) is 6.81. The van der Waals surface area contributed by atoms with Crippen molar-refractivity contribution in [2.24, 2.45) is 5.41 Å². The van der Waals surface area contributed by atoms with E-state index in [2.05, 4.69) is 0 Å². The van der Waals surface area contributed by atoms with E-state index in [1.54, 1.807) is 84.9 Å². The van der Waals surface area contributed by atoms with Gasteiger partial charge >= 0.3 is 0 Å². The Morgan fingerprint density at radius 3 is 2.23 bits per heavy atom. The van der Waals surface area contributed by atoms with Gasteiger partial charge in [0.2, 0.25) is 0 Å². The van der Waals surface area contributed by atoms with Crippen LogP contribution in [0.25, 0.3) is 6.08 Å². The molecule has 0 bridgehead atoms. The van der Waals surface area contributed by atoms with Gasteiger partial charge in [-0.05, 0) is 48.5 Å². The summed E-state index contributed by atoms with van der Waals surface area (Å²) in [6, 6.07) is 20.9. The number of carbonyl (C=O) groups is 3. The van der Waals surface area contributed by atoms with Crippen LogP contribution in [0.4, 0.5) is 10.1 Å². The van der Waals surface area contributed by atoms with Crippen LogP contribution in [-0.4, -0.2) is 43.7 Å². The van der Waals surface area contributed by atoms with E-state index in [-0.39, 0.29) is 17.3 Å². The molecule has 4 aromatic rings. The van der Waals surface area contributed by atoms with Crippen LogP contribution in [0, 0.1) is 11.2 Å². The van der Waals surface area contributed by atoms with E-state index >= 15 is 0 Å². The minimum atomic E-state index is -1.74. The van der Waals surface area contributed by atoms with Crippen LogP contribution < -0.4 is 14.4 Å². The zero-order chi connectivity index (χ0) is 30.0. The molecule has 0 N–H and O–H groups in total. The minimum absolute atomic E-state index is 0.303. The second-order valence-electron chi connectivity index (χ2n) is 10.9. The Hall–Kier alpha value is -4.75.